The molecule has 0 unspecified atom stereocenters. The minimum Gasteiger partial charge on any atom is -0.306 e. The summed E-state index contributed by atoms with van der Waals surface area (Å²) in [5.41, 5.74) is -0.823. The molecule has 2 aromatic rings. The highest BCUT2D eigenvalue weighted by Crippen LogP contribution is 2.04. The molecule has 1 heterocycles. The first-order valence-corrected chi connectivity index (χ1v) is 4.84. The van der Waals surface area contributed by atoms with Crippen LogP contribution in [0.4, 0.5) is 10.5 Å². The van der Waals surface area contributed by atoms with Gasteiger partial charge in [-0.15, -0.1) is 4.68 Å². The highest BCUT2D eigenvalue weighted by atomic mass is 16.2. The maximum Gasteiger partial charge on any atom is 0.355 e. The molecule has 0 fully saturated rings. The predicted octanol–water partition coefficient (Wildman–Crippen LogP) is -0.0447. The van der Waals surface area contributed by atoms with Gasteiger partial charge in [-0.2, -0.15) is 0 Å². The molecule has 0 radical (unpaired) electrons. The third-order valence-corrected chi connectivity index (χ3v) is 2.22. The van der Waals surface area contributed by atoms with Crippen LogP contribution in [0.15, 0.2) is 39.9 Å². The van der Waals surface area contributed by atoms with Crippen molar-refractivity contribution < 1.29 is 4.79 Å². The number of hydrogen-bond acceptors (Lipinski definition) is 3. The summed E-state index contributed by atoms with van der Waals surface area (Å²) >= 11 is 0. The van der Waals surface area contributed by atoms with Crippen molar-refractivity contribution >= 4 is 11.7 Å². The van der Waals surface area contributed by atoms with E-state index in [1.54, 1.807) is 30.3 Å². The Bertz CT molecular complexity index is 650. The molecule has 0 atom stereocenters. The van der Waals surface area contributed by atoms with Gasteiger partial charge in [-0.05, 0) is 12.1 Å². The van der Waals surface area contributed by atoms with E-state index in [1.165, 1.54) is 7.05 Å². The second-order valence-corrected chi connectivity index (χ2v) is 3.39. The number of nitrogens with one attached hydrogen (secondary N) is 2. The summed E-state index contributed by atoms with van der Waals surface area (Å²) in [4.78, 5) is 34.2. The van der Waals surface area contributed by atoms with Gasteiger partial charge in [0.05, 0.1) is 0 Å². The number of amides is 1. The molecule has 17 heavy (non-hydrogen) atoms. The molecule has 88 valence electrons. The van der Waals surface area contributed by atoms with E-state index in [9.17, 15) is 14.4 Å². The lowest BCUT2D eigenvalue weighted by atomic mass is 10.3. The highest BCUT2D eigenvalue weighted by molar-refractivity contribution is 5.90. The Morgan fingerprint density at radius 3 is 2.41 bits per heavy atom. The van der Waals surface area contributed by atoms with Gasteiger partial charge in [-0.25, -0.2) is 24.0 Å². The van der Waals surface area contributed by atoms with Crippen molar-refractivity contribution in [2.75, 3.05) is 5.32 Å². The van der Waals surface area contributed by atoms with Gasteiger partial charge in [0.2, 0.25) is 0 Å². The summed E-state index contributed by atoms with van der Waals surface area (Å²) in [6, 6.07) is 7.91. The topological polar surface area (TPSA) is 88.9 Å². The van der Waals surface area contributed by atoms with Crippen LogP contribution in [0.5, 0.6) is 0 Å². The van der Waals surface area contributed by atoms with Crippen LogP contribution in [0.1, 0.15) is 0 Å². The van der Waals surface area contributed by atoms with Gasteiger partial charge in [-0.3, -0.25) is 0 Å². The van der Waals surface area contributed by atoms with E-state index >= 15 is 0 Å². The van der Waals surface area contributed by atoms with E-state index in [0.717, 1.165) is 4.57 Å². The number of aromatic amines is 1. The number of carbonyl (C=O) groups excluding carboxylic acids is 1. The quantitative estimate of drug-likeness (QED) is 0.725. The molecule has 1 amide bonds. The fourth-order valence-corrected chi connectivity index (χ4v) is 1.29. The van der Waals surface area contributed by atoms with E-state index in [4.69, 9.17) is 0 Å². The summed E-state index contributed by atoms with van der Waals surface area (Å²) in [7, 11) is 1.29. The van der Waals surface area contributed by atoms with E-state index < -0.39 is 17.4 Å². The lowest BCUT2D eigenvalue weighted by Crippen LogP contribution is -2.32. The Hall–Kier alpha value is -2.57. The van der Waals surface area contributed by atoms with Crippen molar-refractivity contribution in [2.24, 2.45) is 7.05 Å². The van der Waals surface area contributed by atoms with Gasteiger partial charge in [-0.1, -0.05) is 18.2 Å². The van der Waals surface area contributed by atoms with Crippen molar-refractivity contribution in [3.63, 3.8) is 0 Å². The summed E-state index contributed by atoms with van der Waals surface area (Å²) in [6.45, 7) is 0. The minimum atomic E-state index is -0.719. The third-order valence-electron chi connectivity index (χ3n) is 2.22. The summed E-state index contributed by atoms with van der Waals surface area (Å²) < 4.78 is 1.43. The number of para-hydroxylation sites is 1. The van der Waals surface area contributed by atoms with E-state index in [0.29, 0.717) is 10.4 Å². The second kappa shape index (κ2) is 4.12. The molecule has 7 nitrogen and oxygen atoms in total. The molecule has 2 N–H and O–H groups in total. The van der Waals surface area contributed by atoms with Gasteiger partial charge >= 0.3 is 17.4 Å². The van der Waals surface area contributed by atoms with Crippen molar-refractivity contribution in [3.05, 3.63) is 51.3 Å². The Kier molecular flexibility index (Phi) is 2.65. The smallest absolute Gasteiger partial charge is 0.306 e. The first-order valence-electron chi connectivity index (χ1n) is 4.84. The van der Waals surface area contributed by atoms with E-state index in [-0.39, 0.29) is 0 Å². The Labute approximate surface area is 95.3 Å². The second-order valence-electron chi connectivity index (χ2n) is 3.39. The van der Waals surface area contributed by atoms with Crippen LogP contribution in [0.2, 0.25) is 0 Å². The maximum atomic E-state index is 11.7. The molecule has 0 saturated heterocycles. The van der Waals surface area contributed by atoms with Crippen LogP contribution in [-0.4, -0.2) is 20.4 Å². The number of hydrogen-bond donors (Lipinski definition) is 2. The molecule has 0 aliphatic heterocycles. The molecule has 1 aromatic heterocycles. The molecule has 0 aliphatic carbocycles. The zero-order valence-electron chi connectivity index (χ0n) is 9.01. The number of rotatable bonds is 1. The van der Waals surface area contributed by atoms with Crippen molar-refractivity contribution in [2.45, 2.75) is 0 Å². The van der Waals surface area contributed by atoms with Crippen molar-refractivity contribution in [1.82, 2.24) is 14.3 Å². The number of H-pyrrole nitrogens is 1. The number of anilines is 1. The molecule has 1 aromatic carbocycles. The summed E-state index contributed by atoms with van der Waals surface area (Å²) in [5.74, 6) is 0. The fourth-order valence-electron chi connectivity index (χ4n) is 1.29. The first kappa shape index (κ1) is 10.9. The fraction of sp³-hybridized carbons (Fsp3) is 0.100. The van der Waals surface area contributed by atoms with Gasteiger partial charge < -0.3 is 5.32 Å². The van der Waals surface area contributed by atoms with Crippen LogP contribution < -0.4 is 16.7 Å². The van der Waals surface area contributed by atoms with Crippen LogP contribution in [0.3, 0.4) is 0 Å². The van der Waals surface area contributed by atoms with Crippen LogP contribution in [-0.2, 0) is 7.05 Å². The first-order chi connectivity index (χ1) is 8.09. The van der Waals surface area contributed by atoms with Crippen molar-refractivity contribution in [3.8, 4) is 0 Å². The Morgan fingerprint density at radius 1 is 1.24 bits per heavy atom. The zero-order valence-corrected chi connectivity index (χ0v) is 9.01. The number of nitrogens with zero attached hydrogens (tertiary/aromatic N) is 2. The molecule has 0 bridgehead atoms. The highest BCUT2D eigenvalue weighted by Gasteiger charge is 2.12. The normalized spacial score (nSPS) is 10.2. The predicted molar refractivity (Wildman–Crippen MR) is 61.2 cm³/mol. The molecular formula is C10H10N4O3. The average Bonchev–Trinajstić information content (AvgIpc) is 2.58. The molecule has 0 aliphatic rings. The largest absolute Gasteiger partial charge is 0.355 e. The molecule has 0 spiro atoms. The van der Waals surface area contributed by atoms with E-state index in [2.05, 4.69) is 10.4 Å². The lowest BCUT2D eigenvalue weighted by molar-refractivity contribution is 0.250. The van der Waals surface area contributed by atoms with Gasteiger partial charge in [0.15, 0.2) is 0 Å². The summed E-state index contributed by atoms with van der Waals surface area (Å²) in [6.07, 6.45) is 0. The monoisotopic (exact) mass is 234 g/mol. The van der Waals surface area contributed by atoms with Crippen LogP contribution in [0.25, 0.3) is 0 Å². The van der Waals surface area contributed by atoms with Crippen molar-refractivity contribution in [1.29, 1.82) is 0 Å². The minimum absolute atomic E-state index is 0.536. The number of benzene rings is 1. The number of carbonyl (C=O) groups is 1. The zero-order chi connectivity index (χ0) is 12.4. The molecule has 0 saturated carbocycles. The van der Waals surface area contributed by atoms with Gasteiger partial charge in [0.1, 0.15) is 0 Å². The lowest BCUT2D eigenvalue weighted by Gasteiger charge is -2.02. The van der Waals surface area contributed by atoms with E-state index in [1.807, 2.05) is 0 Å². The van der Waals surface area contributed by atoms with Crippen LogP contribution in [0, 0.1) is 0 Å². The maximum absolute atomic E-state index is 11.7. The third kappa shape index (κ3) is 2.03. The number of aromatic nitrogens is 3. The molecule has 2 rings (SSSR count). The van der Waals surface area contributed by atoms with Crippen LogP contribution >= 0.6 is 0 Å². The molecule has 7 heteroatoms. The Morgan fingerprint density at radius 2 is 1.88 bits per heavy atom. The van der Waals surface area contributed by atoms with Gasteiger partial charge in [0.25, 0.3) is 0 Å². The SMILES string of the molecule is Cn1c(=O)[nH]n(C(=O)Nc2ccccc2)c1=O. The molecular weight excluding hydrogens is 224 g/mol. The van der Waals surface area contributed by atoms with Gasteiger partial charge in [0, 0.05) is 12.7 Å². The Balaban J connectivity index is 2.30. The average molecular weight is 234 g/mol. The standard InChI is InChI=1S/C10H10N4O3/c1-13-9(16)12-14(10(13)17)8(15)11-7-5-3-2-4-6-7/h2-6H,1H3,(H,11,15)(H,12,16). The summed E-state index contributed by atoms with van der Waals surface area (Å²) in [5, 5.41) is 4.61.